The van der Waals surface area contributed by atoms with Gasteiger partial charge < -0.3 is 33.6 Å². The van der Waals surface area contributed by atoms with E-state index in [4.69, 9.17) is 22.8 Å². The molecule has 0 saturated carbocycles. The Balaban J connectivity index is 0.00000432. The molecule has 2 heterocycles. The van der Waals surface area contributed by atoms with Crippen molar-refractivity contribution in [3.63, 3.8) is 0 Å². The van der Waals surface area contributed by atoms with Gasteiger partial charge in [0.1, 0.15) is 13.2 Å². The van der Waals surface area contributed by atoms with Gasteiger partial charge in [0.05, 0.1) is 11.5 Å². The van der Waals surface area contributed by atoms with Gasteiger partial charge in [-0.15, -0.1) is 6.42 Å². The number of benzene rings is 4. The van der Waals surface area contributed by atoms with E-state index in [1.54, 1.807) is 0 Å². The molecule has 0 saturated heterocycles. The highest BCUT2D eigenvalue weighted by Crippen LogP contribution is 2.49. The van der Waals surface area contributed by atoms with Gasteiger partial charge in [-0.05, 0) is 90.2 Å². The number of hydrogen-bond donors (Lipinski definition) is 0. The van der Waals surface area contributed by atoms with E-state index in [2.05, 4.69) is 154 Å². The third-order valence-electron chi connectivity index (χ3n) is 10.9. The number of allylic oxidation sites excluding steroid dienone is 6. The van der Waals surface area contributed by atoms with Crippen molar-refractivity contribution in [1.82, 2.24) is 0 Å². The lowest BCUT2D eigenvalue weighted by Crippen LogP contribution is -3.00. The van der Waals surface area contributed by atoms with Crippen molar-refractivity contribution in [3.8, 4) is 12.3 Å². The number of hydrogen-bond acceptors (Lipinski definition) is 2. The average Bonchev–Trinajstić information content (AvgIpc) is 3.46. The van der Waals surface area contributed by atoms with Crippen LogP contribution in [0.4, 0.5) is 11.4 Å². The summed E-state index contributed by atoms with van der Waals surface area (Å²) in [6.45, 7) is 15.8. The van der Waals surface area contributed by atoms with Crippen LogP contribution in [0, 0.1) is 12.3 Å². The topological polar surface area (TPSA) is 15.5 Å². The predicted molar refractivity (Wildman–Crippen MR) is 208 cm³/mol. The molecule has 1 unspecified atom stereocenters. The molecule has 5 heteroatoms. The minimum absolute atomic E-state index is 0. The molecule has 4 aromatic carbocycles. The second kappa shape index (κ2) is 14.2. The fourth-order valence-electron chi connectivity index (χ4n) is 8.45. The van der Waals surface area contributed by atoms with Crippen LogP contribution in [0.1, 0.15) is 65.5 Å². The molecular formula is C45H46ClIN2O. The molecule has 0 fully saturated rings. The van der Waals surface area contributed by atoms with Crippen molar-refractivity contribution in [2.24, 2.45) is 0 Å². The summed E-state index contributed by atoms with van der Waals surface area (Å²) in [4.78, 5) is 2.45. The van der Waals surface area contributed by atoms with E-state index in [0.717, 1.165) is 29.3 Å². The first-order chi connectivity index (χ1) is 23.6. The number of ether oxygens (including phenoxy) is 1. The summed E-state index contributed by atoms with van der Waals surface area (Å²) in [6, 6.07) is 26.6. The summed E-state index contributed by atoms with van der Waals surface area (Å²) in [5.74, 6) is 2.67. The number of anilines is 1. The number of halogens is 2. The molecule has 7 rings (SSSR count). The smallest absolute Gasteiger partial charge is 0.210 e. The first kappa shape index (κ1) is 36.2. The minimum atomic E-state index is -0.176. The van der Waals surface area contributed by atoms with Crippen LogP contribution in [-0.4, -0.2) is 36.1 Å². The molecule has 0 amide bonds. The molecule has 3 aliphatic rings. The highest BCUT2D eigenvalue weighted by Gasteiger charge is 2.45. The lowest BCUT2D eigenvalue weighted by Gasteiger charge is -2.27. The Kier molecular flexibility index (Phi) is 10.3. The Morgan fingerprint density at radius 3 is 2.30 bits per heavy atom. The Hall–Kier alpha value is -3.63. The molecule has 0 aromatic heterocycles. The van der Waals surface area contributed by atoms with Crippen LogP contribution in [0.5, 0.6) is 0 Å². The summed E-state index contributed by atoms with van der Waals surface area (Å²) < 4.78 is 8.64. The standard InChI is InChI=1S/C45H46ClN2O.HI/c1-8-25-49-35-26-33(20-23-40-44(4,5)37-28-31-16-11-12-17-32(31)29-39(37)48(40)10-3)43(46)34(27-35)21-24-41-45(6,7)42-36-18-14-13-15-30(36)19-22-38(42)47(41)9-2;/h1,11-24,28-29,35H,9-10,25-27H2,2-7H3;1H/q+1;/p-1. The van der Waals surface area contributed by atoms with Crippen LogP contribution in [0.2, 0.25) is 0 Å². The van der Waals surface area contributed by atoms with E-state index in [0.29, 0.717) is 12.8 Å². The Morgan fingerprint density at radius 1 is 0.900 bits per heavy atom. The highest BCUT2D eigenvalue weighted by atomic mass is 127. The molecule has 0 bridgehead atoms. The lowest BCUT2D eigenvalue weighted by molar-refractivity contribution is -0.433. The SMILES string of the molecule is C#CCOC1CC(/C=C/C2=[N+](CC)c3ccc4ccccc4c3C2(C)C)=C(Cl)C(=C/C=C2\N(CC)c3cc4ccccc4cc3C2(C)C)/C1.[I-]. The van der Waals surface area contributed by atoms with Gasteiger partial charge in [0.2, 0.25) is 5.69 Å². The van der Waals surface area contributed by atoms with Crippen molar-refractivity contribution in [1.29, 1.82) is 0 Å². The van der Waals surface area contributed by atoms with Gasteiger partial charge in [-0.25, -0.2) is 0 Å². The normalized spacial score (nSPS) is 21.0. The molecule has 1 aliphatic carbocycles. The summed E-state index contributed by atoms with van der Waals surface area (Å²) in [7, 11) is 0. The zero-order valence-corrected chi connectivity index (χ0v) is 32.9. The van der Waals surface area contributed by atoms with Crippen LogP contribution >= 0.6 is 11.6 Å². The summed E-state index contributed by atoms with van der Waals surface area (Å²) >= 11 is 7.33. The van der Waals surface area contributed by atoms with Gasteiger partial charge in [0.15, 0.2) is 5.71 Å². The Morgan fingerprint density at radius 2 is 1.60 bits per heavy atom. The third-order valence-corrected chi connectivity index (χ3v) is 11.4. The van der Waals surface area contributed by atoms with Gasteiger partial charge in [0, 0.05) is 58.9 Å². The second-order valence-electron chi connectivity index (χ2n) is 14.5. The van der Waals surface area contributed by atoms with Crippen molar-refractivity contribution in [2.45, 2.75) is 71.3 Å². The first-order valence-electron chi connectivity index (χ1n) is 17.6. The lowest BCUT2D eigenvalue weighted by atomic mass is 9.78. The molecule has 2 aliphatic heterocycles. The summed E-state index contributed by atoms with van der Waals surface area (Å²) in [6.07, 6.45) is 16.0. The van der Waals surface area contributed by atoms with Crippen LogP contribution in [0.25, 0.3) is 21.5 Å². The molecule has 4 aromatic rings. The molecule has 50 heavy (non-hydrogen) atoms. The maximum atomic E-state index is 7.33. The molecular weight excluding hydrogens is 747 g/mol. The molecule has 0 radical (unpaired) electrons. The first-order valence-corrected chi connectivity index (χ1v) is 18.0. The van der Waals surface area contributed by atoms with Crippen LogP contribution in [-0.2, 0) is 15.6 Å². The predicted octanol–water partition coefficient (Wildman–Crippen LogP) is 7.88. The maximum absolute atomic E-state index is 7.33. The van der Waals surface area contributed by atoms with Crippen LogP contribution in [0.3, 0.4) is 0 Å². The van der Waals surface area contributed by atoms with E-state index in [1.807, 2.05) is 0 Å². The molecule has 1 atom stereocenters. The largest absolute Gasteiger partial charge is 1.00 e. The van der Waals surface area contributed by atoms with Crippen molar-refractivity contribution >= 4 is 50.2 Å². The zero-order valence-electron chi connectivity index (χ0n) is 30.0. The highest BCUT2D eigenvalue weighted by molar-refractivity contribution is 6.32. The molecule has 0 N–H and O–H groups in total. The second-order valence-corrected chi connectivity index (χ2v) is 14.9. The Labute approximate surface area is 320 Å². The number of fused-ring (bicyclic) bond motifs is 5. The Bertz CT molecular complexity index is 2190. The van der Waals surface area contributed by atoms with E-state index >= 15 is 0 Å². The van der Waals surface area contributed by atoms with Crippen LogP contribution in [0.15, 0.2) is 119 Å². The van der Waals surface area contributed by atoms with Gasteiger partial charge in [0.25, 0.3) is 0 Å². The minimum Gasteiger partial charge on any atom is -1.00 e. The molecule has 3 nitrogen and oxygen atoms in total. The fourth-order valence-corrected chi connectivity index (χ4v) is 8.73. The maximum Gasteiger partial charge on any atom is 0.210 e. The van der Waals surface area contributed by atoms with E-state index in [1.165, 1.54) is 55.5 Å². The quantitative estimate of drug-likeness (QED) is 0.108. The van der Waals surface area contributed by atoms with E-state index < -0.39 is 0 Å². The third kappa shape index (κ3) is 6.06. The van der Waals surface area contributed by atoms with Crippen LogP contribution < -0.4 is 28.9 Å². The van der Waals surface area contributed by atoms with Gasteiger partial charge in [-0.3, -0.25) is 0 Å². The van der Waals surface area contributed by atoms with Crippen molar-refractivity contribution < 1.29 is 33.3 Å². The molecule has 0 spiro atoms. The van der Waals surface area contributed by atoms with E-state index in [-0.39, 0.29) is 47.5 Å². The van der Waals surface area contributed by atoms with Crippen molar-refractivity contribution in [3.05, 3.63) is 130 Å². The van der Waals surface area contributed by atoms with Crippen molar-refractivity contribution in [2.75, 3.05) is 24.6 Å². The average molecular weight is 793 g/mol. The molecule has 256 valence electrons. The number of likely N-dealkylation sites (N-methyl/N-ethyl adjacent to an activating group) is 1. The summed E-state index contributed by atoms with van der Waals surface area (Å²) in [5.41, 5.74) is 9.66. The van der Waals surface area contributed by atoms with E-state index in [9.17, 15) is 0 Å². The van der Waals surface area contributed by atoms with Gasteiger partial charge >= 0.3 is 0 Å². The number of terminal acetylenes is 1. The van der Waals surface area contributed by atoms with Gasteiger partial charge in [-0.2, -0.15) is 4.58 Å². The zero-order chi connectivity index (χ0) is 34.5. The monoisotopic (exact) mass is 792 g/mol. The number of rotatable bonds is 7. The summed E-state index contributed by atoms with van der Waals surface area (Å²) in [5, 5.41) is 5.93. The fraction of sp³-hybridized carbons (Fsp3) is 0.311. The van der Waals surface area contributed by atoms with Gasteiger partial charge in [-0.1, -0.05) is 92.1 Å². The number of nitrogens with zero attached hydrogens (tertiary/aromatic N) is 2.